The number of aliphatic hydroxyl groups is 2. The number of hydrogen-bond donors (Lipinski definition) is 5. The van der Waals surface area contributed by atoms with Crippen molar-refractivity contribution in [1.82, 2.24) is 30.2 Å². The van der Waals surface area contributed by atoms with Gasteiger partial charge in [-0.2, -0.15) is 0 Å². The fraction of sp³-hybridized carbons (Fsp3) is 0.625. The monoisotopic (exact) mass is 833 g/mol. The summed E-state index contributed by atoms with van der Waals surface area (Å²) < 4.78 is 60.2. The number of carbonyl (C=O) groups excluding carboxylic acids is 4. The number of aliphatic hydroxyl groups excluding tert-OH is 2. The van der Waals surface area contributed by atoms with E-state index < -0.39 is 84.6 Å². The third-order valence-electron chi connectivity index (χ3n) is 6.99. The molecule has 2 unspecified atom stereocenters. The zero-order valence-electron chi connectivity index (χ0n) is 27.6. The van der Waals surface area contributed by atoms with E-state index in [9.17, 15) is 62.7 Å². The van der Waals surface area contributed by atoms with Gasteiger partial charge in [0.1, 0.15) is 42.5 Å². The number of nitrogen functional groups attached to an aromatic ring is 1. The predicted octanol–water partition coefficient (Wildman–Crippen LogP) is -4.27. The van der Waals surface area contributed by atoms with E-state index in [0.717, 1.165) is 29.0 Å². The second-order valence-corrected chi connectivity index (χ2v) is 16.8. The van der Waals surface area contributed by atoms with Crippen molar-refractivity contribution >= 4 is 75.4 Å². The molecule has 7 atom stereocenters. The van der Waals surface area contributed by atoms with Gasteiger partial charge in [-0.15, -0.1) is 0 Å². The maximum Gasteiger partial charge on any atom is 0.274 e. The lowest BCUT2D eigenvalue weighted by atomic mass is 9.87. The van der Waals surface area contributed by atoms with Gasteiger partial charge in [0.2, 0.25) is 11.8 Å². The number of nitrogens with one attached hydrogen (secondary N) is 2. The maximum atomic E-state index is 12.5. The van der Waals surface area contributed by atoms with Gasteiger partial charge in [0.25, 0.3) is 15.6 Å². The summed E-state index contributed by atoms with van der Waals surface area (Å²) in [6.07, 6.45) is -7.49. The number of rotatable bonds is 21. The van der Waals surface area contributed by atoms with Crippen molar-refractivity contribution in [2.45, 2.75) is 57.3 Å². The van der Waals surface area contributed by atoms with Crippen LogP contribution in [0.1, 0.15) is 32.9 Å². The summed E-state index contributed by atoms with van der Waals surface area (Å²) in [5.74, 6) is -1.43. The highest BCUT2D eigenvalue weighted by Crippen LogP contribution is 2.56. The minimum Gasteiger partial charge on any atom is -0.790 e. The minimum atomic E-state index is -5.92. The van der Waals surface area contributed by atoms with Gasteiger partial charge in [0.05, 0.1) is 33.8 Å². The fourth-order valence-corrected chi connectivity index (χ4v) is 7.75. The number of carbonyl (C=O) groups is 4. The summed E-state index contributed by atoms with van der Waals surface area (Å²) in [7, 11) is -17.6. The van der Waals surface area contributed by atoms with Gasteiger partial charge in [-0.3, -0.25) is 28.1 Å². The van der Waals surface area contributed by atoms with Crippen molar-refractivity contribution < 1.29 is 85.3 Å². The number of aldehydes is 1. The highest BCUT2D eigenvalue weighted by molar-refractivity contribution is 8.13. The first-order chi connectivity index (χ1) is 24.6. The number of ether oxygens (including phenoxy) is 1. The molecule has 0 aliphatic carbocycles. The van der Waals surface area contributed by atoms with Gasteiger partial charge in [-0.1, -0.05) is 25.6 Å². The van der Waals surface area contributed by atoms with Crippen molar-refractivity contribution in [3.8, 4) is 0 Å². The number of aromatic nitrogens is 4. The zero-order valence-corrected chi connectivity index (χ0v) is 31.1. The van der Waals surface area contributed by atoms with Crippen molar-refractivity contribution in [2.75, 3.05) is 37.8 Å². The van der Waals surface area contributed by atoms with Crippen molar-refractivity contribution in [2.24, 2.45) is 5.41 Å². The molecule has 298 valence electrons. The summed E-state index contributed by atoms with van der Waals surface area (Å²) >= 11 is 0.852. The number of amides is 2. The Balaban J connectivity index is 1.52. The number of phosphoric acid groups is 3. The van der Waals surface area contributed by atoms with Gasteiger partial charge in [-0.05, 0) is 0 Å². The van der Waals surface area contributed by atoms with E-state index in [0.29, 0.717) is 6.29 Å². The van der Waals surface area contributed by atoms with E-state index in [1.165, 1.54) is 13.8 Å². The first-order valence-corrected chi connectivity index (χ1v) is 20.3. The van der Waals surface area contributed by atoms with E-state index >= 15 is 0 Å². The number of thioether (sulfide) groups is 1. The molecule has 53 heavy (non-hydrogen) atoms. The quantitative estimate of drug-likeness (QED) is 0.0344. The van der Waals surface area contributed by atoms with Crippen molar-refractivity contribution in [3.63, 3.8) is 0 Å². The van der Waals surface area contributed by atoms with E-state index in [2.05, 4.69) is 43.5 Å². The smallest absolute Gasteiger partial charge is 0.274 e. The van der Waals surface area contributed by atoms with Crippen molar-refractivity contribution in [1.29, 1.82) is 0 Å². The molecule has 1 saturated heterocycles. The molecule has 0 saturated carbocycles. The van der Waals surface area contributed by atoms with Crippen LogP contribution >= 0.6 is 35.2 Å². The van der Waals surface area contributed by atoms with Gasteiger partial charge in [0.15, 0.2) is 22.8 Å². The first-order valence-electron chi connectivity index (χ1n) is 15.0. The molecule has 0 bridgehead atoms. The van der Waals surface area contributed by atoms with E-state index in [-0.39, 0.29) is 53.8 Å². The SMILES string of the molecule is CC(C)(COP(=O)([O-])OP(=O)([O-])OC[C@H]1O[C@@H](n2cnc3c(N)ncnc32)[C@H](O)[C@@H]1OP(=O)([O-])[O-])[C@@H](O)C(=O)NCCC(=O)NCCSC(=O)CC=O. The van der Waals surface area contributed by atoms with Crippen molar-refractivity contribution in [3.05, 3.63) is 12.7 Å². The Bertz CT molecular complexity index is 1780. The molecular formula is C24H34N7O18P3S-4. The fourth-order valence-electron chi connectivity index (χ4n) is 4.40. The Morgan fingerprint density at radius 1 is 1.11 bits per heavy atom. The van der Waals surface area contributed by atoms with Gasteiger partial charge in [-0.25, -0.2) is 19.3 Å². The van der Waals surface area contributed by atoms with Crippen LogP contribution in [0, 0.1) is 5.41 Å². The van der Waals surface area contributed by atoms with E-state index in [4.69, 9.17) is 10.5 Å². The van der Waals surface area contributed by atoms with Crippen LogP contribution in [0.15, 0.2) is 12.7 Å². The number of anilines is 1. The molecular weight excluding hydrogens is 799 g/mol. The van der Waals surface area contributed by atoms with Crippen LogP contribution in [0.3, 0.4) is 0 Å². The van der Waals surface area contributed by atoms with Crippen LogP contribution in [0.25, 0.3) is 11.2 Å². The third kappa shape index (κ3) is 13.5. The molecule has 0 radical (unpaired) electrons. The third-order valence-corrected chi connectivity index (χ3v) is 10.9. The second-order valence-electron chi connectivity index (χ2n) is 11.6. The molecule has 2 aromatic rings. The number of nitrogens with two attached hydrogens (primary N) is 1. The second kappa shape index (κ2) is 18.7. The maximum absolute atomic E-state index is 12.5. The summed E-state index contributed by atoms with van der Waals surface area (Å²) in [5.41, 5.74) is 4.03. The summed E-state index contributed by atoms with van der Waals surface area (Å²) in [4.78, 5) is 105. The molecule has 2 amide bonds. The highest BCUT2D eigenvalue weighted by Gasteiger charge is 2.47. The zero-order chi connectivity index (χ0) is 39.8. The lowest BCUT2D eigenvalue weighted by Crippen LogP contribution is -2.46. The molecule has 1 aliphatic rings. The van der Waals surface area contributed by atoms with Gasteiger partial charge < -0.3 is 73.8 Å². The van der Waals surface area contributed by atoms with Crippen LogP contribution in [0.5, 0.6) is 0 Å². The lowest BCUT2D eigenvalue weighted by molar-refractivity contribution is -0.347. The number of phosphoric ester groups is 3. The Hall–Kier alpha value is -2.77. The molecule has 1 fully saturated rings. The summed E-state index contributed by atoms with van der Waals surface area (Å²) in [6, 6.07) is 0. The van der Waals surface area contributed by atoms with Crippen LogP contribution in [-0.2, 0) is 55.5 Å². The van der Waals surface area contributed by atoms with Crippen LogP contribution in [0.2, 0.25) is 0 Å². The minimum absolute atomic E-state index is 0.0279. The number of imidazole rings is 1. The van der Waals surface area contributed by atoms with E-state index in [1.54, 1.807) is 0 Å². The van der Waals surface area contributed by atoms with Crippen LogP contribution < -0.4 is 35.9 Å². The first kappa shape index (κ1) is 44.6. The Morgan fingerprint density at radius 3 is 2.45 bits per heavy atom. The largest absolute Gasteiger partial charge is 0.790 e. The number of fused-ring (bicyclic) bond motifs is 1. The molecule has 3 heterocycles. The Morgan fingerprint density at radius 2 is 1.79 bits per heavy atom. The molecule has 0 spiro atoms. The summed E-state index contributed by atoms with van der Waals surface area (Å²) in [6.45, 7) is -0.0984. The average molecular weight is 834 g/mol. The van der Waals surface area contributed by atoms with E-state index in [1.807, 2.05) is 0 Å². The standard InChI is InChI=1S/C24H38N7O18P3S/c1-24(2,19(36)22(37)27-5-3-14(33)26-6-8-53-15(34)4-7-32)10-46-52(43,44)49-51(41,42)45-9-13-18(48-50(38,39)40)17(35)23(47-13)31-12-30-16-20(25)28-11-29-21(16)31/h7,11-13,17-19,23,35-36H,3-6,8-10H2,1-2H3,(H,26,33)(H,27,37)(H,41,42)(H,43,44)(H2,25,28,29)(H2,38,39,40)/p-4/t13-,17-,18-,19+,23-/m1/s1. The molecule has 1 aliphatic heterocycles. The van der Waals surface area contributed by atoms with Gasteiger partial charge in [0, 0.05) is 30.7 Å². The van der Waals surface area contributed by atoms with Gasteiger partial charge >= 0.3 is 0 Å². The number of hydrogen-bond acceptors (Lipinski definition) is 23. The molecule has 3 rings (SSSR count). The molecule has 0 aromatic carbocycles. The Kier molecular flexibility index (Phi) is 15.8. The van der Waals surface area contributed by atoms with Crippen LogP contribution in [-0.4, -0.2) is 109 Å². The summed E-state index contributed by atoms with van der Waals surface area (Å²) in [5, 5.41) is 25.6. The number of nitrogens with zero attached hydrogens (tertiary/aromatic N) is 4. The molecule has 29 heteroatoms. The Labute approximate surface area is 303 Å². The predicted molar refractivity (Wildman–Crippen MR) is 169 cm³/mol. The average Bonchev–Trinajstić information content (AvgIpc) is 3.61. The van der Waals surface area contributed by atoms with Crippen LogP contribution in [0.4, 0.5) is 5.82 Å². The molecule has 6 N–H and O–H groups in total. The molecule has 2 aromatic heterocycles. The highest BCUT2D eigenvalue weighted by atomic mass is 32.2. The molecule has 25 nitrogen and oxygen atoms in total. The lowest BCUT2D eigenvalue weighted by Gasteiger charge is -2.36. The topological polar surface area (TPSA) is 392 Å². The normalized spacial score (nSPS) is 22.1.